The summed E-state index contributed by atoms with van der Waals surface area (Å²) in [5, 5.41) is 16.6. The summed E-state index contributed by atoms with van der Waals surface area (Å²) in [5.41, 5.74) is 13.9. The highest BCUT2D eigenvalue weighted by molar-refractivity contribution is 5.73. The summed E-state index contributed by atoms with van der Waals surface area (Å²) in [4.78, 5) is 20.3. The summed E-state index contributed by atoms with van der Waals surface area (Å²) in [7, 11) is 0. The summed E-state index contributed by atoms with van der Waals surface area (Å²) < 4.78 is 0. The zero-order valence-electron chi connectivity index (χ0n) is 6.99. The molecule has 2 atom stereocenters. The zero-order chi connectivity index (χ0) is 10.4. The average Bonchev–Trinajstić information content (AvgIpc) is 2.03. The van der Waals surface area contributed by atoms with Gasteiger partial charge in [0.2, 0.25) is 0 Å². The van der Waals surface area contributed by atoms with Crippen molar-refractivity contribution in [2.75, 3.05) is 0 Å². The largest absolute Gasteiger partial charge is 0.480 e. The first-order valence-electron chi connectivity index (χ1n) is 3.83. The van der Waals surface area contributed by atoms with Crippen LogP contribution in [0.4, 0.5) is 0 Å². The maximum absolute atomic E-state index is 10.2. The zero-order valence-corrected chi connectivity index (χ0v) is 6.99. The Kier molecular flexibility index (Phi) is 5.01. The van der Waals surface area contributed by atoms with E-state index in [2.05, 4.69) is 0 Å². The lowest BCUT2D eigenvalue weighted by Gasteiger charge is -2.06. The summed E-state index contributed by atoms with van der Waals surface area (Å²) in [6.45, 7) is 0. The predicted molar refractivity (Wildman–Crippen MR) is 42.9 cm³/mol. The molecule has 6 heteroatoms. The highest BCUT2D eigenvalue weighted by atomic mass is 16.4. The molecule has 0 fully saturated rings. The Balaban J connectivity index is 3.56. The smallest absolute Gasteiger partial charge is 0.322 e. The van der Waals surface area contributed by atoms with Crippen LogP contribution in [0.2, 0.25) is 0 Å². The number of carboxylic acid groups (broad SMARTS) is 2. The van der Waals surface area contributed by atoms with E-state index in [-0.39, 0.29) is 19.3 Å². The van der Waals surface area contributed by atoms with E-state index < -0.39 is 24.0 Å². The van der Waals surface area contributed by atoms with Gasteiger partial charge in [-0.2, -0.15) is 0 Å². The third-order valence-corrected chi connectivity index (χ3v) is 1.58. The lowest BCUT2D eigenvalue weighted by molar-refractivity contribution is -0.139. The third kappa shape index (κ3) is 5.15. The molecular weight excluding hydrogens is 176 g/mol. The van der Waals surface area contributed by atoms with Crippen molar-refractivity contribution in [2.24, 2.45) is 0 Å². The van der Waals surface area contributed by atoms with Gasteiger partial charge in [-0.15, -0.1) is 0 Å². The molecule has 0 saturated carbocycles. The molecule has 2 radical (unpaired) electrons. The molecule has 4 N–H and O–H groups in total. The molecule has 2 unspecified atom stereocenters. The van der Waals surface area contributed by atoms with Gasteiger partial charge in [-0.05, 0) is 19.3 Å². The Hall–Kier alpha value is -1.14. The summed E-state index contributed by atoms with van der Waals surface area (Å²) in [5.74, 6) is -2.42. The first kappa shape index (κ1) is 11.9. The molecule has 0 saturated heterocycles. The van der Waals surface area contributed by atoms with Crippen LogP contribution in [-0.4, -0.2) is 34.2 Å². The number of rotatable bonds is 6. The van der Waals surface area contributed by atoms with E-state index in [4.69, 9.17) is 21.7 Å². The third-order valence-electron chi connectivity index (χ3n) is 1.58. The van der Waals surface area contributed by atoms with E-state index in [1.807, 2.05) is 0 Å². The van der Waals surface area contributed by atoms with Gasteiger partial charge in [0.05, 0.1) is 0 Å². The van der Waals surface area contributed by atoms with Crippen LogP contribution in [0.5, 0.6) is 0 Å². The SMILES string of the molecule is [NH]C(CCCC([NH])C(=O)O)C(=O)O. The molecule has 6 nitrogen and oxygen atoms in total. The second-order valence-electron chi connectivity index (χ2n) is 2.71. The van der Waals surface area contributed by atoms with Crippen molar-refractivity contribution in [3.05, 3.63) is 0 Å². The molecule has 0 heterocycles. The van der Waals surface area contributed by atoms with Crippen LogP contribution in [0.15, 0.2) is 0 Å². The topological polar surface area (TPSA) is 122 Å². The Morgan fingerprint density at radius 2 is 1.31 bits per heavy atom. The highest BCUT2D eigenvalue weighted by Crippen LogP contribution is 2.03. The van der Waals surface area contributed by atoms with Crippen molar-refractivity contribution in [3.8, 4) is 0 Å². The molecule has 0 spiro atoms. The minimum Gasteiger partial charge on any atom is -0.480 e. The molecule has 74 valence electrons. The lowest BCUT2D eigenvalue weighted by atomic mass is 10.1. The minimum atomic E-state index is -1.21. The van der Waals surface area contributed by atoms with Crippen LogP contribution in [0.3, 0.4) is 0 Å². The van der Waals surface area contributed by atoms with E-state index in [9.17, 15) is 9.59 Å². The summed E-state index contributed by atoms with van der Waals surface area (Å²) in [6, 6.07) is -2.41. The molecule has 0 aliphatic rings. The predicted octanol–water partition coefficient (Wildman–Crippen LogP) is -0.371. The second-order valence-corrected chi connectivity index (χ2v) is 2.71. The van der Waals surface area contributed by atoms with Gasteiger partial charge in [0.15, 0.2) is 0 Å². The number of aliphatic carboxylic acids is 2. The molecule has 13 heavy (non-hydrogen) atoms. The van der Waals surface area contributed by atoms with Crippen molar-refractivity contribution in [3.63, 3.8) is 0 Å². The second kappa shape index (κ2) is 5.50. The molecule has 0 aromatic heterocycles. The molecule has 0 rings (SSSR count). The van der Waals surface area contributed by atoms with Crippen LogP contribution >= 0.6 is 0 Å². The number of hydrogen-bond donors (Lipinski definition) is 2. The van der Waals surface area contributed by atoms with Crippen molar-refractivity contribution in [2.45, 2.75) is 31.3 Å². The van der Waals surface area contributed by atoms with Crippen LogP contribution in [0, 0.1) is 0 Å². The fraction of sp³-hybridized carbons (Fsp3) is 0.714. The van der Waals surface area contributed by atoms with Crippen molar-refractivity contribution >= 4 is 11.9 Å². The van der Waals surface area contributed by atoms with Crippen molar-refractivity contribution in [1.29, 1.82) is 0 Å². The van der Waals surface area contributed by atoms with E-state index in [0.717, 1.165) is 0 Å². The van der Waals surface area contributed by atoms with Crippen LogP contribution in [0.1, 0.15) is 19.3 Å². The Morgan fingerprint density at radius 1 is 1.00 bits per heavy atom. The van der Waals surface area contributed by atoms with Gasteiger partial charge in [-0.1, -0.05) is 0 Å². The van der Waals surface area contributed by atoms with Crippen molar-refractivity contribution < 1.29 is 19.8 Å². The number of nitrogens with one attached hydrogen (secondary N) is 2. The van der Waals surface area contributed by atoms with E-state index >= 15 is 0 Å². The van der Waals surface area contributed by atoms with Crippen LogP contribution < -0.4 is 11.5 Å². The number of carboxylic acids is 2. The Bertz CT molecular complexity index is 175. The van der Waals surface area contributed by atoms with E-state index in [1.165, 1.54) is 0 Å². The maximum Gasteiger partial charge on any atom is 0.322 e. The van der Waals surface area contributed by atoms with Gasteiger partial charge in [0.25, 0.3) is 0 Å². The van der Waals surface area contributed by atoms with Gasteiger partial charge in [0.1, 0.15) is 12.1 Å². The lowest BCUT2D eigenvalue weighted by Crippen LogP contribution is -2.24. The average molecular weight is 188 g/mol. The fourth-order valence-electron chi connectivity index (χ4n) is 0.773. The number of hydrogen-bond acceptors (Lipinski definition) is 2. The molecule has 0 aromatic carbocycles. The standard InChI is InChI=1S/C7H12N2O4/c8-4(6(10)11)2-1-3-5(9)7(12)13/h4-5,8-9H,1-3H2,(H,10,11)(H,12,13). The van der Waals surface area contributed by atoms with E-state index in [1.54, 1.807) is 0 Å². The highest BCUT2D eigenvalue weighted by Gasteiger charge is 2.15. The Morgan fingerprint density at radius 3 is 1.54 bits per heavy atom. The molecule has 0 amide bonds. The van der Waals surface area contributed by atoms with Crippen LogP contribution in [-0.2, 0) is 9.59 Å². The summed E-state index contributed by atoms with van der Waals surface area (Å²) >= 11 is 0. The minimum absolute atomic E-state index is 0.0952. The molecule has 0 aromatic rings. The first-order valence-corrected chi connectivity index (χ1v) is 3.83. The van der Waals surface area contributed by atoms with Crippen molar-refractivity contribution in [1.82, 2.24) is 11.5 Å². The molecule has 0 aliphatic heterocycles. The summed E-state index contributed by atoms with van der Waals surface area (Å²) in [6.07, 6.45) is 0.469. The number of carbonyl (C=O) groups is 2. The molecular formula is C7H12N2O4. The normalized spacial score (nSPS) is 14.9. The molecule has 0 aliphatic carbocycles. The van der Waals surface area contributed by atoms with Gasteiger partial charge >= 0.3 is 11.9 Å². The van der Waals surface area contributed by atoms with Gasteiger partial charge in [0, 0.05) is 0 Å². The Labute approximate surface area is 75.5 Å². The fourth-order valence-corrected chi connectivity index (χ4v) is 0.773. The van der Waals surface area contributed by atoms with E-state index in [0.29, 0.717) is 0 Å². The van der Waals surface area contributed by atoms with Crippen LogP contribution in [0.25, 0.3) is 0 Å². The molecule has 0 bridgehead atoms. The van der Waals surface area contributed by atoms with Gasteiger partial charge < -0.3 is 10.2 Å². The maximum atomic E-state index is 10.2. The van der Waals surface area contributed by atoms with Gasteiger partial charge in [-0.25, -0.2) is 11.5 Å². The first-order chi connectivity index (χ1) is 5.95. The monoisotopic (exact) mass is 188 g/mol. The quantitative estimate of drug-likeness (QED) is 0.590. The van der Waals surface area contributed by atoms with Gasteiger partial charge in [-0.3, -0.25) is 9.59 Å².